The van der Waals surface area contributed by atoms with Crippen LogP contribution in [-0.4, -0.2) is 65.3 Å². The van der Waals surface area contributed by atoms with E-state index in [0.29, 0.717) is 36.8 Å². The number of piperazine rings is 1. The molecule has 2 aromatic carbocycles. The Morgan fingerprint density at radius 3 is 2.67 bits per heavy atom. The number of hydrogen-bond acceptors (Lipinski definition) is 6. The van der Waals surface area contributed by atoms with Gasteiger partial charge < -0.3 is 15.0 Å². The first-order valence-electron chi connectivity index (χ1n) is 15.4. The SMILES string of the molecule is CC(C)N1CCC[C@H]1COc1nc2c(c(N3C[C@H]4CC[C@@H](C3)N4)n1)CCC1(C2)Cc2cccc3cccc1c23. The van der Waals surface area contributed by atoms with Gasteiger partial charge in [-0.2, -0.15) is 9.97 Å². The number of anilines is 1. The van der Waals surface area contributed by atoms with Crippen molar-refractivity contribution >= 4 is 16.6 Å². The lowest BCUT2D eigenvalue weighted by atomic mass is 9.69. The molecule has 4 heterocycles. The van der Waals surface area contributed by atoms with Crippen LogP contribution >= 0.6 is 0 Å². The van der Waals surface area contributed by atoms with Gasteiger partial charge in [0.2, 0.25) is 0 Å². The molecule has 1 aromatic heterocycles. The van der Waals surface area contributed by atoms with Crippen LogP contribution < -0.4 is 15.0 Å². The maximum Gasteiger partial charge on any atom is 0.318 e. The van der Waals surface area contributed by atoms with Crippen LogP contribution in [0.5, 0.6) is 6.01 Å². The second kappa shape index (κ2) is 9.17. The zero-order chi connectivity index (χ0) is 26.1. The Labute approximate surface area is 232 Å². The maximum atomic E-state index is 6.50. The van der Waals surface area contributed by atoms with Gasteiger partial charge in [0, 0.05) is 54.7 Å². The summed E-state index contributed by atoms with van der Waals surface area (Å²) in [6.45, 7) is 8.52. The van der Waals surface area contributed by atoms with E-state index in [1.165, 1.54) is 65.4 Å². The number of aromatic nitrogens is 2. The minimum Gasteiger partial charge on any atom is -0.462 e. The molecule has 1 spiro atoms. The molecule has 5 aliphatic rings. The Morgan fingerprint density at radius 1 is 1.03 bits per heavy atom. The summed E-state index contributed by atoms with van der Waals surface area (Å²) in [6.07, 6.45) is 9.28. The lowest BCUT2D eigenvalue weighted by Crippen LogP contribution is -2.52. The number of nitrogens with zero attached hydrogens (tertiary/aromatic N) is 4. The molecule has 0 radical (unpaired) electrons. The van der Waals surface area contributed by atoms with Gasteiger partial charge in [-0.1, -0.05) is 36.4 Å². The second-order valence-corrected chi connectivity index (χ2v) is 13.2. The highest BCUT2D eigenvalue weighted by Crippen LogP contribution is 2.50. The third-order valence-electron chi connectivity index (χ3n) is 10.5. The average Bonchev–Trinajstić information content (AvgIpc) is 3.64. The van der Waals surface area contributed by atoms with Crippen LogP contribution in [0.15, 0.2) is 36.4 Å². The number of rotatable bonds is 5. The number of nitrogens with one attached hydrogen (secondary N) is 1. The van der Waals surface area contributed by atoms with Crippen molar-refractivity contribution in [3.63, 3.8) is 0 Å². The van der Waals surface area contributed by atoms with E-state index in [4.69, 9.17) is 14.7 Å². The summed E-state index contributed by atoms with van der Waals surface area (Å²) in [5.41, 5.74) is 5.77. The van der Waals surface area contributed by atoms with Crippen LogP contribution in [0.2, 0.25) is 0 Å². The largest absolute Gasteiger partial charge is 0.462 e. The van der Waals surface area contributed by atoms with Crippen LogP contribution in [0.3, 0.4) is 0 Å². The molecule has 39 heavy (non-hydrogen) atoms. The molecule has 2 aliphatic carbocycles. The van der Waals surface area contributed by atoms with Gasteiger partial charge >= 0.3 is 6.01 Å². The summed E-state index contributed by atoms with van der Waals surface area (Å²) in [7, 11) is 0. The van der Waals surface area contributed by atoms with Gasteiger partial charge in [0.05, 0.1) is 5.69 Å². The zero-order valence-corrected chi connectivity index (χ0v) is 23.5. The minimum absolute atomic E-state index is 0.126. The van der Waals surface area contributed by atoms with Gasteiger partial charge in [0.15, 0.2) is 0 Å². The molecule has 3 fully saturated rings. The van der Waals surface area contributed by atoms with Crippen LogP contribution in [0, 0.1) is 0 Å². The summed E-state index contributed by atoms with van der Waals surface area (Å²) in [5.74, 6) is 1.16. The first kappa shape index (κ1) is 24.1. The Hall–Kier alpha value is -2.70. The van der Waals surface area contributed by atoms with Crippen molar-refractivity contribution in [2.24, 2.45) is 0 Å². The quantitative estimate of drug-likeness (QED) is 0.518. The number of ether oxygens (including phenoxy) is 1. The summed E-state index contributed by atoms with van der Waals surface area (Å²) >= 11 is 0. The molecule has 6 nitrogen and oxygen atoms in total. The van der Waals surface area contributed by atoms with E-state index in [1.807, 2.05) is 0 Å². The molecule has 1 unspecified atom stereocenters. The van der Waals surface area contributed by atoms with Gasteiger partial charge in [-0.05, 0) is 87.2 Å². The van der Waals surface area contributed by atoms with Crippen molar-refractivity contribution in [1.29, 1.82) is 0 Å². The Kier molecular flexibility index (Phi) is 5.67. The molecular weight excluding hydrogens is 482 g/mol. The van der Waals surface area contributed by atoms with Crippen molar-refractivity contribution in [3.8, 4) is 6.01 Å². The summed E-state index contributed by atoms with van der Waals surface area (Å²) in [6, 6.07) is 16.5. The Morgan fingerprint density at radius 2 is 1.85 bits per heavy atom. The molecule has 0 saturated carbocycles. The van der Waals surface area contributed by atoms with E-state index in [0.717, 1.165) is 44.6 Å². The summed E-state index contributed by atoms with van der Waals surface area (Å²) < 4.78 is 6.50. The van der Waals surface area contributed by atoms with Gasteiger partial charge in [-0.15, -0.1) is 0 Å². The highest BCUT2D eigenvalue weighted by molar-refractivity contribution is 5.92. The molecule has 3 aromatic rings. The van der Waals surface area contributed by atoms with Gasteiger partial charge in [0.25, 0.3) is 0 Å². The standard InChI is InChI=1S/C33H41N5O/c1-21(2)38-15-5-9-26(38)20-39-32-35-29-17-33(16-23-8-3-6-22-7-4-10-28(33)30(22)23)14-13-27(29)31(36-32)37-18-24-11-12-25(19-37)34-24/h3-4,6-8,10,21,24-26,34H,5,9,11-20H2,1-2H3/t24-,25+,26-,33?/m0/s1. The van der Waals surface area contributed by atoms with E-state index in [1.54, 1.807) is 0 Å². The van der Waals surface area contributed by atoms with Crippen molar-refractivity contribution in [1.82, 2.24) is 20.2 Å². The van der Waals surface area contributed by atoms with Crippen molar-refractivity contribution < 1.29 is 4.74 Å². The first-order chi connectivity index (χ1) is 19.1. The zero-order valence-electron chi connectivity index (χ0n) is 23.5. The smallest absolute Gasteiger partial charge is 0.318 e. The minimum atomic E-state index is 0.126. The van der Waals surface area contributed by atoms with Crippen LogP contribution in [0.4, 0.5) is 5.82 Å². The van der Waals surface area contributed by atoms with Gasteiger partial charge in [-0.25, -0.2) is 0 Å². The predicted octanol–water partition coefficient (Wildman–Crippen LogP) is 4.80. The Balaban J connectivity index is 1.15. The molecule has 0 amide bonds. The fraction of sp³-hybridized carbons (Fsp3) is 0.576. The molecular formula is C33H41N5O. The summed E-state index contributed by atoms with van der Waals surface area (Å²) in [5, 5.41) is 6.67. The topological polar surface area (TPSA) is 53.5 Å². The molecule has 1 N–H and O–H groups in total. The number of hydrogen-bond donors (Lipinski definition) is 1. The van der Waals surface area contributed by atoms with Gasteiger partial charge in [0.1, 0.15) is 12.4 Å². The number of fused-ring (bicyclic) bond motifs is 4. The van der Waals surface area contributed by atoms with E-state index >= 15 is 0 Å². The maximum absolute atomic E-state index is 6.50. The van der Waals surface area contributed by atoms with Crippen LogP contribution in [0.1, 0.15) is 68.3 Å². The monoisotopic (exact) mass is 523 g/mol. The highest BCUT2D eigenvalue weighted by atomic mass is 16.5. The second-order valence-electron chi connectivity index (χ2n) is 13.2. The highest BCUT2D eigenvalue weighted by Gasteiger charge is 2.44. The van der Waals surface area contributed by atoms with E-state index < -0.39 is 0 Å². The number of likely N-dealkylation sites (tertiary alicyclic amines) is 1. The fourth-order valence-corrected chi connectivity index (χ4v) is 8.70. The first-order valence-corrected chi connectivity index (χ1v) is 15.4. The lowest BCUT2D eigenvalue weighted by Gasteiger charge is -2.39. The molecule has 204 valence electrons. The van der Waals surface area contributed by atoms with Crippen LogP contribution in [0.25, 0.3) is 10.8 Å². The molecule has 3 saturated heterocycles. The van der Waals surface area contributed by atoms with E-state index in [-0.39, 0.29) is 5.41 Å². The molecule has 2 bridgehead atoms. The van der Waals surface area contributed by atoms with Crippen LogP contribution in [-0.2, 0) is 24.7 Å². The van der Waals surface area contributed by atoms with Crippen molar-refractivity contribution in [2.45, 2.75) is 94.8 Å². The van der Waals surface area contributed by atoms with Crippen molar-refractivity contribution in [2.75, 3.05) is 31.1 Å². The normalized spacial score (nSPS) is 29.6. The van der Waals surface area contributed by atoms with Gasteiger partial charge in [-0.3, -0.25) is 4.90 Å². The third-order valence-corrected chi connectivity index (χ3v) is 10.5. The Bertz CT molecular complexity index is 1400. The molecule has 3 aliphatic heterocycles. The molecule has 8 rings (SSSR count). The fourth-order valence-electron chi connectivity index (χ4n) is 8.70. The average molecular weight is 524 g/mol. The summed E-state index contributed by atoms with van der Waals surface area (Å²) in [4.78, 5) is 15.5. The lowest BCUT2D eigenvalue weighted by molar-refractivity contribution is 0.138. The number of benzene rings is 2. The van der Waals surface area contributed by atoms with Crippen molar-refractivity contribution in [3.05, 3.63) is 58.8 Å². The molecule has 4 atom stereocenters. The third kappa shape index (κ3) is 3.97. The molecule has 6 heteroatoms. The van der Waals surface area contributed by atoms with E-state index in [2.05, 4.69) is 65.4 Å². The predicted molar refractivity (Wildman–Crippen MR) is 156 cm³/mol. The van der Waals surface area contributed by atoms with E-state index in [9.17, 15) is 0 Å².